The zero-order chi connectivity index (χ0) is 18.7. The maximum Gasteiger partial charge on any atom is 0.318 e. The lowest BCUT2D eigenvalue weighted by Gasteiger charge is -2.25. The summed E-state index contributed by atoms with van der Waals surface area (Å²) in [6.07, 6.45) is 2.29. The van der Waals surface area contributed by atoms with E-state index in [1.165, 1.54) is 6.33 Å². The molecule has 1 aromatic carbocycles. The number of carbonyl (C=O) groups is 1. The van der Waals surface area contributed by atoms with Crippen molar-refractivity contribution in [3.8, 4) is 5.75 Å². The Kier molecular flexibility index (Phi) is 5.66. The molecule has 1 aliphatic rings. The summed E-state index contributed by atoms with van der Waals surface area (Å²) in [5, 5.41) is 7.87. The van der Waals surface area contributed by atoms with Crippen LogP contribution in [0.3, 0.4) is 0 Å². The van der Waals surface area contributed by atoms with E-state index in [1.54, 1.807) is 15.6 Å². The predicted molar refractivity (Wildman–Crippen MR) is 99.1 cm³/mol. The first-order valence-corrected chi connectivity index (χ1v) is 9.12. The van der Waals surface area contributed by atoms with Gasteiger partial charge in [-0.2, -0.15) is 5.10 Å². The first kappa shape index (κ1) is 18.5. The average Bonchev–Trinajstić information content (AvgIpc) is 2.88. The molecule has 26 heavy (non-hydrogen) atoms. The second-order valence-corrected chi connectivity index (χ2v) is 7.33. The molecule has 0 saturated carbocycles. The summed E-state index contributed by atoms with van der Waals surface area (Å²) in [4.78, 5) is 19.0. The molecular formula is C18H24ClN5O2. The first-order valence-electron chi connectivity index (χ1n) is 8.74. The number of ether oxygens (including phenoxy) is 1. The zero-order valence-corrected chi connectivity index (χ0v) is 16.0. The van der Waals surface area contributed by atoms with Crippen LogP contribution in [0.4, 0.5) is 4.79 Å². The normalized spacial score (nSPS) is 15.2. The van der Waals surface area contributed by atoms with Gasteiger partial charge in [0, 0.05) is 17.6 Å². The zero-order valence-electron chi connectivity index (χ0n) is 15.3. The van der Waals surface area contributed by atoms with Gasteiger partial charge in [0.25, 0.3) is 0 Å². The third kappa shape index (κ3) is 4.27. The Labute approximate surface area is 158 Å². The maximum absolute atomic E-state index is 12.9. The molecule has 0 aliphatic carbocycles. The van der Waals surface area contributed by atoms with Crippen LogP contribution in [0.2, 0.25) is 5.02 Å². The van der Waals surface area contributed by atoms with Crippen molar-refractivity contribution in [3.63, 3.8) is 0 Å². The monoisotopic (exact) mass is 377 g/mol. The molecule has 3 rings (SSSR count). The van der Waals surface area contributed by atoms with Gasteiger partial charge in [0.05, 0.1) is 19.1 Å². The van der Waals surface area contributed by atoms with Crippen LogP contribution in [0.5, 0.6) is 5.75 Å². The van der Waals surface area contributed by atoms with E-state index in [9.17, 15) is 4.79 Å². The second-order valence-electron chi connectivity index (χ2n) is 6.90. The van der Waals surface area contributed by atoms with Crippen LogP contribution >= 0.6 is 11.6 Å². The van der Waals surface area contributed by atoms with Gasteiger partial charge >= 0.3 is 6.03 Å². The van der Waals surface area contributed by atoms with Crippen molar-refractivity contribution in [2.45, 2.75) is 32.9 Å². The quantitative estimate of drug-likeness (QED) is 0.888. The molecule has 1 aliphatic heterocycles. The van der Waals surface area contributed by atoms with E-state index >= 15 is 0 Å². The van der Waals surface area contributed by atoms with Gasteiger partial charge in [0.2, 0.25) is 0 Å². The number of aryl methyl sites for hydroxylation is 1. The fourth-order valence-corrected chi connectivity index (χ4v) is 3.29. The van der Waals surface area contributed by atoms with Crippen molar-refractivity contribution in [1.82, 2.24) is 25.0 Å². The van der Waals surface area contributed by atoms with E-state index in [2.05, 4.69) is 29.2 Å². The minimum Gasteiger partial charge on any atom is -0.491 e. The number of carbonyl (C=O) groups excluding carboxylic acids is 1. The van der Waals surface area contributed by atoms with Crippen LogP contribution in [-0.4, -0.2) is 38.8 Å². The number of hydrogen-bond donors (Lipinski definition) is 1. The van der Waals surface area contributed by atoms with Gasteiger partial charge in [-0.1, -0.05) is 25.4 Å². The molecule has 1 aromatic heterocycles. The number of nitrogens with one attached hydrogen (secondary N) is 1. The number of benzene rings is 1. The van der Waals surface area contributed by atoms with Crippen LogP contribution in [0.15, 0.2) is 24.5 Å². The summed E-state index contributed by atoms with van der Waals surface area (Å²) in [6.45, 7) is 5.64. The van der Waals surface area contributed by atoms with Gasteiger partial charge in [-0.3, -0.25) is 4.68 Å². The number of urea groups is 1. The number of fused-ring (bicyclic) bond motifs is 1. The number of halogens is 1. The third-order valence-electron chi connectivity index (χ3n) is 4.35. The summed E-state index contributed by atoms with van der Waals surface area (Å²) in [5.41, 5.74) is 0.907. The summed E-state index contributed by atoms with van der Waals surface area (Å²) < 4.78 is 7.44. The Morgan fingerprint density at radius 1 is 1.42 bits per heavy atom. The third-order valence-corrected chi connectivity index (χ3v) is 4.59. The Morgan fingerprint density at radius 2 is 2.23 bits per heavy atom. The number of hydrogen-bond acceptors (Lipinski definition) is 4. The molecule has 7 nitrogen and oxygen atoms in total. The number of aromatic nitrogens is 3. The maximum atomic E-state index is 12.9. The molecule has 1 unspecified atom stereocenters. The summed E-state index contributed by atoms with van der Waals surface area (Å²) >= 11 is 6.09. The second kappa shape index (κ2) is 7.95. The van der Waals surface area contributed by atoms with Crippen LogP contribution in [0, 0.1) is 5.92 Å². The van der Waals surface area contributed by atoms with E-state index in [1.807, 2.05) is 19.2 Å². The highest BCUT2D eigenvalue weighted by Gasteiger charge is 2.25. The largest absolute Gasteiger partial charge is 0.491 e. The minimum atomic E-state index is -0.196. The van der Waals surface area contributed by atoms with E-state index in [0.717, 1.165) is 23.6 Å². The Morgan fingerprint density at radius 3 is 2.92 bits per heavy atom. The molecule has 0 radical (unpaired) electrons. The first-order chi connectivity index (χ1) is 12.4. The predicted octanol–water partition coefficient (Wildman–Crippen LogP) is 3.16. The van der Waals surface area contributed by atoms with Crippen molar-refractivity contribution in [2.24, 2.45) is 13.0 Å². The molecule has 0 bridgehead atoms. The highest BCUT2D eigenvalue weighted by atomic mass is 35.5. The molecule has 2 aromatic rings. The topological polar surface area (TPSA) is 72.3 Å². The molecule has 1 atom stereocenters. The van der Waals surface area contributed by atoms with Gasteiger partial charge in [-0.25, -0.2) is 9.78 Å². The lowest BCUT2D eigenvalue weighted by molar-refractivity contribution is 0.181. The van der Waals surface area contributed by atoms with E-state index in [0.29, 0.717) is 30.6 Å². The van der Waals surface area contributed by atoms with Crippen LogP contribution in [-0.2, 0) is 13.6 Å². The Hall–Kier alpha value is -2.28. The van der Waals surface area contributed by atoms with Crippen molar-refractivity contribution < 1.29 is 9.53 Å². The van der Waals surface area contributed by atoms with Gasteiger partial charge in [-0.05, 0) is 30.5 Å². The van der Waals surface area contributed by atoms with Gasteiger partial charge in [0.1, 0.15) is 24.5 Å². The highest BCUT2D eigenvalue weighted by Crippen LogP contribution is 2.27. The molecule has 1 N–H and O–H groups in total. The highest BCUT2D eigenvalue weighted by molar-refractivity contribution is 6.30. The smallest absolute Gasteiger partial charge is 0.318 e. The molecule has 140 valence electrons. The molecule has 0 saturated heterocycles. The number of nitrogens with zero attached hydrogens (tertiary/aromatic N) is 4. The number of rotatable bonds is 4. The Bertz CT molecular complexity index is 777. The van der Waals surface area contributed by atoms with Crippen molar-refractivity contribution in [1.29, 1.82) is 0 Å². The lowest BCUT2D eigenvalue weighted by Crippen LogP contribution is -2.43. The summed E-state index contributed by atoms with van der Waals surface area (Å²) in [7, 11) is 1.83. The SMILES string of the molecule is CC(C)CC(NC(=O)N1CCOc2ccc(Cl)cc2C1)c1ncnn1C. The fourth-order valence-electron chi connectivity index (χ4n) is 3.10. The Balaban J connectivity index is 1.76. The van der Waals surface area contributed by atoms with Crippen LogP contribution < -0.4 is 10.1 Å². The average molecular weight is 378 g/mol. The fraction of sp³-hybridized carbons (Fsp3) is 0.500. The summed E-state index contributed by atoms with van der Waals surface area (Å²) in [6, 6.07) is 5.15. The van der Waals surface area contributed by atoms with Crippen LogP contribution in [0.25, 0.3) is 0 Å². The van der Waals surface area contributed by atoms with E-state index in [4.69, 9.17) is 16.3 Å². The van der Waals surface area contributed by atoms with E-state index < -0.39 is 0 Å². The standard InChI is InChI=1S/C18H24ClN5O2/c1-12(2)8-15(17-20-11-21-23(17)3)22-18(25)24-6-7-26-16-5-4-14(19)9-13(16)10-24/h4-5,9,11-12,15H,6-8,10H2,1-3H3,(H,22,25). The molecular weight excluding hydrogens is 354 g/mol. The lowest BCUT2D eigenvalue weighted by atomic mass is 10.0. The van der Waals surface area contributed by atoms with Crippen molar-refractivity contribution >= 4 is 17.6 Å². The summed E-state index contributed by atoms with van der Waals surface area (Å²) in [5.74, 6) is 1.93. The van der Waals surface area contributed by atoms with Gasteiger partial charge in [-0.15, -0.1) is 0 Å². The molecule has 2 amide bonds. The number of amides is 2. The van der Waals surface area contributed by atoms with Gasteiger partial charge < -0.3 is 15.0 Å². The van der Waals surface area contributed by atoms with E-state index in [-0.39, 0.29) is 12.1 Å². The molecule has 8 heteroatoms. The minimum absolute atomic E-state index is 0.143. The molecule has 0 spiro atoms. The molecule has 2 heterocycles. The van der Waals surface area contributed by atoms with Gasteiger partial charge in [0.15, 0.2) is 0 Å². The van der Waals surface area contributed by atoms with Crippen LogP contribution in [0.1, 0.15) is 37.7 Å². The molecule has 0 fully saturated rings. The van der Waals surface area contributed by atoms with Crippen molar-refractivity contribution in [2.75, 3.05) is 13.2 Å². The van der Waals surface area contributed by atoms with Crippen molar-refractivity contribution in [3.05, 3.63) is 40.9 Å².